The number of ether oxygens (including phenoxy) is 1. The van der Waals surface area contributed by atoms with Crippen LogP contribution in [0, 0.1) is 0 Å². The van der Waals surface area contributed by atoms with E-state index in [4.69, 9.17) is 11.6 Å². The van der Waals surface area contributed by atoms with Crippen molar-refractivity contribution in [2.75, 3.05) is 6.61 Å². The van der Waals surface area contributed by atoms with Crippen LogP contribution in [0.15, 0.2) is 5.38 Å². The van der Waals surface area contributed by atoms with E-state index in [-0.39, 0.29) is 11.1 Å². The maximum atomic E-state index is 12.2. The molecule has 0 saturated heterocycles. The second-order valence-electron chi connectivity index (χ2n) is 2.39. The number of hydrogen-bond donors (Lipinski definition) is 0. The lowest BCUT2D eigenvalue weighted by Gasteiger charge is -1.96. The molecule has 0 fully saturated rings. The van der Waals surface area contributed by atoms with Gasteiger partial charge in [0.05, 0.1) is 6.61 Å². The van der Waals surface area contributed by atoms with Gasteiger partial charge in [0.25, 0.3) is 0 Å². The first-order chi connectivity index (χ1) is 6.86. The van der Waals surface area contributed by atoms with E-state index in [1.807, 2.05) is 0 Å². The van der Waals surface area contributed by atoms with Gasteiger partial charge in [-0.05, 0) is 18.5 Å². The van der Waals surface area contributed by atoms with E-state index >= 15 is 0 Å². The molecule has 0 saturated carbocycles. The van der Waals surface area contributed by atoms with E-state index in [2.05, 4.69) is 9.72 Å². The van der Waals surface area contributed by atoms with Crippen molar-refractivity contribution < 1.29 is 22.7 Å². The van der Waals surface area contributed by atoms with Crippen molar-refractivity contribution >= 4 is 27.4 Å². The van der Waals surface area contributed by atoms with Crippen molar-refractivity contribution in [2.24, 2.45) is 0 Å². The number of thiazole rings is 1. The molecule has 0 amide bonds. The van der Waals surface area contributed by atoms with Gasteiger partial charge in [-0.15, -0.1) is 0 Å². The highest BCUT2D eigenvalue weighted by Crippen LogP contribution is 2.38. The minimum Gasteiger partial charge on any atom is -0.422 e. The maximum absolute atomic E-state index is 12.2. The minimum atomic E-state index is -4.59. The molecule has 8 heteroatoms. The summed E-state index contributed by atoms with van der Waals surface area (Å²) in [7, 11) is -1.52. The molecule has 84 valence electrons. The number of nitrogens with zero attached hydrogens (tertiary/aromatic N) is 1. The summed E-state index contributed by atoms with van der Waals surface area (Å²) in [6.07, 6.45) is -4.59. The molecular formula is C7H6ClF3NO2S+. The molecule has 1 aromatic rings. The molecule has 0 aliphatic carbocycles. The van der Waals surface area contributed by atoms with E-state index in [9.17, 15) is 18.0 Å². The summed E-state index contributed by atoms with van der Waals surface area (Å²) in [4.78, 5) is 14.2. The Hall–Kier alpha value is -0.820. The summed E-state index contributed by atoms with van der Waals surface area (Å²) < 4.78 is 40.7. The van der Waals surface area contributed by atoms with Crippen molar-refractivity contribution in [3.05, 3.63) is 15.5 Å². The first-order valence-corrected chi connectivity index (χ1v) is 5.46. The summed E-state index contributed by atoms with van der Waals surface area (Å²) in [5.41, 5.74) is -1.15. The van der Waals surface area contributed by atoms with Crippen LogP contribution in [0.25, 0.3) is 0 Å². The Morgan fingerprint density at radius 1 is 1.67 bits per heavy atom. The van der Waals surface area contributed by atoms with Gasteiger partial charge in [-0.25, -0.2) is 0 Å². The van der Waals surface area contributed by atoms with E-state index in [0.717, 1.165) is 0 Å². The maximum Gasteiger partial charge on any atom is 0.557 e. The average Bonchev–Trinajstić information content (AvgIpc) is 2.47. The van der Waals surface area contributed by atoms with E-state index < -0.39 is 27.6 Å². The molecule has 3 nitrogen and oxygen atoms in total. The van der Waals surface area contributed by atoms with Crippen LogP contribution in [0.4, 0.5) is 18.0 Å². The highest BCUT2D eigenvalue weighted by atomic mass is 35.5. The van der Waals surface area contributed by atoms with Gasteiger partial charge in [-0.2, -0.15) is 22.9 Å². The van der Waals surface area contributed by atoms with Gasteiger partial charge in [0.2, 0.25) is 5.69 Å². The monoisotopic (exact) mass is 260 g/mol. The third-order valence-electron chi connectivity index (χ3n) is 1.35. The molecule has 0 bridgehead atoms. The van der Waals surface area contributed by atoms with Crippen molar-refractivity contribution in [1.29, 1.82) is 0 Å². The number of carbonyl (C=O) groups is 1. The Morgan fingerprint density at radius 2 is 2.27 bits per heavy atom. The number of carbonyl (C=O) groups excluding carboxylic acids is 1. The molecule has 0 aliphatic heterocycles. The third kappa shape index (κ3) is 2.82. The van der Waals surface area contributed by atoms with E-state index in [1.54, 1.807) is 6.92 Å². The molecule has 15 heavy (non-hydrogen) atoms. The van der Waals surface area contributed by atoms with Crippen LogP contribution in [0.5, 0.6) is 0 Å². The van der Waals surface area contributed by atoms with Crippen LogP contribution in [-0.4, -0.2) is 16.9 Å². The Labute approximate surface area is 90.8 Å². The lowest BCUT2D eigenvalue weighted by molar-refractivity contribution is -0.140. The van der Waals surface area contributed by atoms with Crippen LogP contribution < -0.4 is 0 Å². The van der Waals surface area contributed by atoms with Crippen LogP contribution in [0.1, 0.15) is 12.6 Å². The van der Waals surface area contributed by atoms with Gasteiger partial charge in [0.15, 0.2) is 5.38 Å². The topological polar surface area (TPSA) is 39.2 Å². The summed E-state index contributed by atoms with van der Waals surface area (Å²) in [5, 5.41) is -0.120. The fourth-order valence-corrected chi connectivity index (χ4v) is 2.35. The highest BCUT2D eigenvalue weighted by Gasteiger charge is 2.41. The molecule has 0 spiro atoms. The molecule has 0 aromatic carbocycles. The minimum absolute atomic E-state index is 0.0850. The Morgan fingerprint density at radius 3 is 2.67 bits per heavy atom. The fraction of sp³-hybridized carbons (Fsp3) is 0.429. The number of rotatable bonds is 2. The van der Waals surface area contributed by atoms with Crippen LogP contribution in [0.2, 0.25) is 4.47 Å². The lowest BCUT2D eigenvalue weighted by Crippen LogP contribution is -2.04. The molecule has 1 unspecified atom stereocenters. The predicted octanol–water partition coefficient (Wildman–Crippen LogP) is 3.51. The summed E-state index contributed by atoms with van der Waals surface area (Å²) in [5.74, 6) is 0. The van der Waals surface area contributed by atoms with Crippen molar-refractivity contribution in [2.45, 2.75) is 13.1 Å². The quantitative estimate of drug-likeness (QED) is 0.603. The Kier molecular flexibility index (Phi) is 3.56. The van der Waals surface area contributed by atoms with Gasteiger partial charge < -0.3 is 4.74 Å². The smallest absolute Gasteiger partial charge is 0.422 e. The van der Waals surface area contributed by atoms with Crippen molar-refractivity contribution in [1.82, 2.24) is 4.98 Å². The number of alkyl halides is 3. The number of halogens is 4. The normalized spacial score (nSPS) is 12.7. The molecule has 0 N–H and O–H groups in total. The third-order valence-corrected chi connectivity index (χ3v) is 3.32. The fourth-order valence-electron chi connectivity index (χ4n) is 0.759. The largest absolute Gasteiger partial charge is 0.557 e. The van der Waals surface area contributed by atoms with Gasteiger partial charge >= 0.3 is 15.9 Å². The summed E-state index contributed by atoms with van der Waals surface area (Å²) in [6.45, 7) is 1.64. The second kappa shape index (κ2) is 4.36. The molecule has 1 rings (SSSR count). The molecule has 1 aromatic heterocycles. The standard InChI is InChI=1S/C7H6ClF3NO2S/c1-2-14-6(13)15-3-4(7(9,10)11)12-5(15)8/h3H,2H2,1H3/q+1. The SMILES string of the molecule is CCOC(=O)[s+]1cc(C(F)(F)F)nc1Cl. The molecular weight excluding hydrogens is 255 g/mol. The Balaban J connectivity index is 3.02. The number of aromatic nitrogens is 1. The summed E-state index contributed by atoms with van der Waals surface area (Å²) in [6, 6.07) is 0. The van der Waals surface area contributed by atoms with Crippen LogP contribution in [0.3, 0.4) is 0 Å². The first kappa shape index (κ1) is 12.3. The zero-order chi connectivity index (χ0) is 11.6. The molecule has 1 heterocycles. The molecule has 1 atom stereocenters. The molecule has 0 radical (unpaired) electrons. The predicted molar refractivity (Wildman–Crippen MR) is 49.1 cm³/mol. The van der Waals surface area contributed by atoms with Gasteiger partial charge in [-0.3, -0.25) is 0 Å². The summed E-state index contributed by atoms with van der Waals surface area (Å²) >= 11 is 5.42. The zero-order valence-electron chi connectivity index (χ0n) is 7.47. The van der Waals surface area contributed by atoms with Crippen LogP contribution in [-0.2, 0) is 10.9 Å². The van der Waals surface area contributed by atoms with E-state index in [0.29, 0.717) is 5.38 Å². The van der Waals surface area contributed by atoms with Gasteiger partial charge in [0, 0.05) is 0 Å². The van der Waals surface area contributed by atoms with Crippen molar-refractivity contribution in [3.63, 3.8) is 0 Å². The second-order valence-corrected chi connectivity index (χ2v) is 4.60. The van der Waals surface area contributed by atoms with Crippen molar-refractivity contribution in [3.8, 4) is 0 Å². The molecule has 0 aliphatic rings. The first-order valence-electron chi connectivity index (χ1n) is 3.79. The van der Waals surface area contributed by atoms with Gasteiger partial charge in [0.1, 0.15) is 10.5 Å². The lowest BCUT2D eigenvalue weighted by atomic mass is 10.5. The average molecular weight is 261 g/mol. The van der Waals surface area contributed by atoms with Gasteiger partial charge in [-0.1, -0.05) is 0 Å². The number of hydrogen-bond acceptors (Lipinski definition) is 3. The Bertz CT molecular complexity index is 377. The van der Waals surface area contributed by atoms with Crippen LogP contribution >= 0.6 is 22.1 Å². The zero-order valence-corrected chi connectivity index (χ0v) is 9.04. The van der Waals surface area contributed by atoms with E-state index in [1.165, 1.54) is 0 Å². The highest BCUT2D eigenvalue weighted by molar-refractivity contribution is 7.51.